The van der Waals surface area contributed by atoms with Crippen molar-refractivity contribution >= 4 is 23.6 Å². The van der Waals surface area contributed by atoms with Crippen LogP contribution in [0.3, 0.4) is 0 Å². The number of benzene rings is 3. The van der Waals surface area contributed by atoms with Gasteiger partial charge in [0.15, 0.2) is 0 Å². The number of rotatable bonds is 7. The number of aryl methyl sites for hydroxylation is 2. The summed E-state index contributed by atoms with van der Waals surface area (Å²) in [5, 5.41) is 8.43. The Morgan fingerprint density at radius 1 is 1.00 bits per heavy atom. The zero-order valence-electron chi connectivity index (χ0n) is 25.4. The summed E-state index contributed by atoms with van der Waals surface area (Å²) in [6, 6.07) is 20.2. The molecule has 0 saturated carbocycles. The molecule has 232 valence electrons. The van der Waals surface area contributed by atoms with Gasteiger partial charge in [-0.3, -0.25) is 19.2 Å². The predicted octanol–water partition coefficient (Wildman–Crippen LogP) is 2.96. The maximum atomic E-state index is 13.4. The minimum atomic E-state index is -1.02. The number of nitrogens with one attached hydrogen (secondary N) is 3. The lowest BCUT2D eigenvalue weighted by Gasteiger charge is -2.25. The molecule has 1 aliphatic heterocycles. The first-order chi connectivity index (χ1) is 21.2. The number of para-hydroxylation sites is 1. The highest BCUT2D eigenvalue weighted by atomic mass is 16.5. The number of carbonyl (C=O) groups excluding carboxylic acids is 4. The molecule has 10 heteroatoms. The van der Waals surface area contributed by atoms with Crippen LogP contribution in [0.1, 0.15) is 39.9 Å². The zero-order valence-corrected chi connectivity index (χ0v) is 25.4. The topological polar surface area (TPSA) is 126 Å². The summed E-state index contributed by atoms with van der Waals surface area (Å²) in [5.74, 6) is -0.559. The maximum absolute atomic E-state index is 13.4. The van der Waals surface area contributed by atoms with Gasteiger partial charge in [0.1, 0.15) is 36.8 Å². The molecular weight excluding hydrogens is 560 g/mol. The van der Waals surface area contributed by atoms with E-state index < -0.39 is 29.8 Å². The van der Waals surface area contributed by atoms with Crippen LogP contribution >= 0.6 is 0 Å². The van der Waals surface area contributed by atoms with Gasteiger partial charge in [-0.2, -0.15) is 0 Å². The maximum Gasteiger partial charge on any atom is 0.255 e. The smallest absolute Gasteiger partial charge is 0.255 e. The lowest BCUT2D eigenvalue weighted by molar-refractivity contribution is -0.135. The highest BCUT2D eigenvalue weighted by Crippen LogP contribution is 2.20. The van der Waals surface area contributed by atoms with Crippen LogP contribution in [0.4, 0.5) is 0 Å². The lowest BCUT2D eigenvalue weighted by Crippen LogP contribution is -2.50. The van der Waals surface area contributed by atoms with Crippen molar-refractivity contribution in [1.82, 2.24) is 20.9 Å². The second-order valence-corrected chi connectivity index (χ2v) is 10.9. The van der Waals surface area contributed by atoms with E-state index in [1.807, 2.05) is 62.4 Å². The van der Waals surface area contributed by atoms with E-state index in [0.29, 0.717) is 12.2 Å². The molecule has 44 heavy (non-hydrogen) atoms. The summed E-state index contributed by atoms with van der Waals surface area (Å²) in [4.78, 5) is 54.6. The molecule has 10 nitrogen and oxygen atoms in total. The van der Waals surface area contributed by atoms with Gasteiger partial charge in [-0.15, -0.1) is 0 Å². The number of ether oxygens (including phenoxy) is 2. The Morgan fingerprint density at radius 2 is 1.75 bits per heavy atom. The molecule has 0 unspecified atom stereocenters. The van der Waals surface area contributed by atoms with Crippen molar-refractivity contribution in [2.45, 2.75) is 45.2 Å². The third-order valence-electron chi connectivity index (χ3n) is 7.38. The first kappa shape index (κ1) is 32.1. The van der Waals surface area contributed by atoms with Crippen LogP contribution in [0.15, 0.2) is 72.8 Å². The number of fused-ring (bicyclic) bond motifs is 1. The van der Waals surface area contributed by atoms with E-state index in [1.54, 1.807) is 31.3 Å². The number of amides is 4. The van der Waals surface area contributed by atoms with Crippen molar-refractivity contribution in [3.05, 3.63) is 95.1 Å². The third kappa shape index (κ3) is 9.07. The molecular formula is C34H40N4O6. The van der Waals surface area contributed by atoms with E-state index >= 15 is 0 Å². The lowest BCUT2D eigenvalue weighted by atomic mass is 10.0. The van der Waals surface area contributed by atoms with Gasteiger partial charge in [0.2, 0.25) is 17.7 Å². The third-order valence-corrected chi connectivity index (χ3v) is 7.38. The first-order valence-corrected chi connectivity index (χ1v) is 14.8. The van der Waals surface area contributed by atoms with Gasteiger partial charge in [0, 0.05) is 19.9 Å². The molecule has 0 bridgehead atoms. The van der Waals surface area contributed by atoms with E-state index in [0.717, 1.165) is 22.4 Å². The molecule has 3 aromatic rings. The van der Waals surface area contributed by atoms with E-state index in [-0.39, 0.29) is 50.6 Å². The molecule has 0 fully saturated rings. The fourth-order valence-corrected chi connectivity index (χ4v) is 4.97. The molecule has 1 heterocycles. The Kier molecular flexibility index (Phi) is 11.3. The molecule has 4 amide bonds. The van der Waals surface area contributed by atoms with Crippen LogP contribution in [-0.2, 0) is 20.8 Å². The van der Waals surface area contributed by atoms with Crippen molar-refractivity contribution < 1.29 is 28.7 Å². The molecule has 0 aromatic heterocycles. The van der Waals surface area contributed by atoms with Crippen LogP contribution < -0.4 is 25.4 Å². The van der Waals surface area contributed by atoms with Crippen molar-refractivity contribution in [2.24, 2.45) is 0 Å². The second kappa shape index (κ2) is 15.6. The highest BCUT2D eigenvalue weighted by molar-refractivity contribution is 5.99. The normalized spacial score (nSPS) is 18.1. The fraction of sp³-hybridized carbons (Fsp3) is 0.353. The zero-order chi connectivity index (χ0) is 31.5. The van der Waals surface area contributed by atoms with Crippen molar-refractivity contribution in [3.8, 4) is 11.5 Å². The van der Waals surface area contributed by atoms with Gasteiger partial charge < -0.3 is 30.3 Å². The van der Waals surface area contributed by atoms with Crippen molar-refractivity contribution in [1.29, 1.82) is 0 Å². The monoisotopic (exact) mass is 600 g/mol. The molecule has 0 saturated heterocycles. The molecule has 0 radical (unpaired) electrons. The van der Waals surface area contributed by atoms with Gasteiger partial charge in [0.05, 0.1) is 18.7 Å². The molecule has 0 aliphatic carbocycles. The van der Waals surface area contributed by atoms with E-state index in [2.05, 4.69) is 16.0 Å². The molecule has 3 aromatic carbocycles. The number of likely N-dealkylation sites (N-methyl/N-ethyl adjacent to an activating group) is 1. The number of nitrogens with zero attached hydrogens (tertiary/aromatic N) is 1. The molecule has 2 atom stereocenters. The van der Waals surface area contributed by atoms with Gasteiger partial charge in [-0.05, 0) is 49.6 Å². The quantitative estimate of drug-likeness (QED) is 0.358. The van der Waals surface area contributed by atoms with Crippen LogP contribution in [-0.4, -0.2) is 74.0 Å². The van der Waals surface area contributed by atoms with Crippen LogP contribution in [0, 0.1) is 13.8 Å². The highest BCUT2D eigenvalue weighted by Gasteiger charge is 2.28. The Balaban J connectivity index is 1.49. The number of carbonyl (C=O) groups is 4. The SMILES string of the molecule is Cc1ccc(OCCNC(=O)[C@@H]2CCC(=O)N[C@H](Cc3ccccc3)C(=O)N(C)CCOc3ccccc3C(=O)N2)c(C)c1. The Bertz CT molecular complexity index is 1460. The van der Waals surface area contributed by atoms with Gasteiger partial charge >= 0.3 is 0 Å². The van der Waals surface area contributed by atoms with Gasteiger partial charge in [-0.1, -0.05) is 60.2 Å². The van der Waals surface area contributed by atoms with Crippen molar-refractivity contribution in [3.63, 3.8) is 0 Å². The van der Waals surface area contributed by atoms with E-state index in [9.17, 15) is 19.2 Å². The largest absolute Gasteiger partial charge is 0.491 e. The Morgan fingerprint density at radius 3 is 2.52 bits per heavy atom. The van der Waals surface area contributed by atoms with Gasteiger partial charge in [0.25, 0.3) is 5.91 Å². The van der Waals surface area contributed by atoms with Crippen molar-refractivity contribution in [2.75, 3.05) is 33.4 Å². The Labute approximate surface area is 258 Å². The Hall–Kier alpha value is -4.86. The molecule has 0 spiro atoms. The predicted molar refractivity (Wildman–Crippen MR) is 167 cm³/mol. The average Bonchev–Trinajstić information content (AvgIpc) is 3.01. The summed E-state index contributed by atoms with van der Waals surface area (Å²) >= 11 is 0. The second-order valence-electron chi connectivity index (χ2n) is 10.9. The minimum Gasteiger partial charge on any atom is -0.491 e. The summed E-state index contributed by atoms with van der Waals surface area (Å²) in [6.07, 6.45) is 0.241. The average molecular weight is 601 g/mol. The van der Waals surface area contributed by atoms with Gasteiger partial charge in [-0.25, -0.2) is 0 Å². The molecule has 1 aliphatic rings. The first-order valence-electron chi connectivity index (χ1n) is 14.8. The number of hydrogen-bond acceptors (Lipinski definition) is 6. The minimum absolute atomic E-state index is 0.0203. The standard InChI is InChI=1S/C34H40N4O6/c1-23-13-15-29(24(2)21-23)43-19-17-35-33(41)27-14-16-31(39)36-28(22-25-9-5-4-6-10-25)34(42)38(3)18-20-44-30-12-8-7-11-26(30)32(40)37-27/h4-13,15,21,27-28H,14,16-20,22H2,1-3H3,(H,35,41)(H,36,39)(H,37,40)/t27-,28+/m0/s1. The fourth-order valence-electron chi connectivity index (χ4n) is 4.97. The molecule has 3 N–H and O–H groups in total. The summed E-state index contributed by atoms with van der Waals surface area (Å²) < 4.78 is 11.7. The van der Waals surface area contributed by atoms with Crippen LogP contribution in [0.2, 0.25) is 0 Å². The molecule has 4 rings (SSSR count). The summed E-state index contributed by atoms with van der Waals surface area (Å²) in [6.45, 7) is 4.75. The van der Waals surface area contributed by atoms with E-state index in [1.165, 1.54) is 4.90 Å². The van der Waals surface area contributed by atoms with Crippen LogP contribution in [0.25, 0.3) is 0 Å². The summed E-state index contributed by atoms with van der Waals surface area (Å²) in [5.41, 5.74) is 3.27. The number of hydrogen-bond donors (Lipinski definition) is 3. The summed E-state index contributed by atoms with van der Waals surface area (Å²) in [7, 11) is 1.65. The van der Waals surface area contributed by atoms with Crippen LogP contribution in [0.5, 0.6) is 11.5 Å². The van der Waals surface area contributed by atoms with E-state index in [4.69, 9.17) is 9.47 Å².